The highest BCUT2D eigenvalue weighted by molar-refractivity contribution is 5.93. The van der Waals surface area contributed by atoms with E-state index in [1.165, 1.54) is 0 Å². The number of hydrogen-bond acceptors (Lipinski definition) is 2. The number of carbonyl (C=O) groups excluding carboxylic acids is 1. The van der Waals surface area contributed by atoms with Crippen LogP contribution in [0.5, 0.6) is 0 Å². The molecule has 1 unspecified atom stereocenters. The van der Waals surface area contributed by atoms with Crippen LogP contribution in [-0.2, 0) is 0 Å². The average Bonchev–Trinajstić information content (AvgIpc) is 2.64. The van der Waals surface area contributed by atoms with Gasteiger partial charge in [-0.2, -0.15) is 5.43 Å². The van der Waals surface area contributed by atoms with Crippen LogP contribution in [0.3, 0.4) is 0 Å². The Kier molecular flexibility index (Phi) is 5.28. The number of nitrogens with zero attached hydrogens (tertiary/aromatic N) is 1. The van der Waals surface area contributed by atoms with Gasteiger partial charge in [0.15, 0.2) is 0 Å². The Hall–Kier alpha value is -2.17. The van der Waals surface area contributed by atoms with E-state index in [1.54, 1.807) is 0 Å². The highest BCUT2D eigenvalue weighted by Crippen LogP contribution is 2.21. The molecule has 1 N–H and O–H groups in total. The fourth-order valence-corrected chi connectivity index (χ4v) is 3.42. The zero-order valence-corrected chi connectivity index (χ0v) is 13.9. The highest BCUT2D eigenvalue weighted by atomic mass is 16.3. The number of hydrogen-bond donors (Lipinski definition) is 1. The molecule has 1 aliphatic rings. The lowest BCUT2D eigenvalue weighted by atomic mass is 10.1. The molecule has 1 heterocycles. The fraction of sp³-hybridized carbons (Fsp3) is 0.350. The molecule has 0 saturated carbocycles. The highest BCUT2D eigenvalue weighted by Gasteiger charge is 2.33. The molecule has 3 rings (SSSR count). The van der Waals surface area contributed by atoms with E-state index in [-0.39, 0.29) is 5.91 Å². The maximum Gasteiger partial charge on any atom is 0.295 e. The minimum atomic E-state index is -0.833. The number of piperidine rings is 1. The summed E-state index contributed by atoms with van der Waals surface area (Å²) in [6.07, 6.45) is 2.41. The van der Waals surface area contributed by atoms with Crippen LogP contribution >= 0.6 is 0 Å². The van der Waals surface area contributed by atoms with Crippen molar-refractivity contribution in [3.63, 3.8) is 0 Å². The molecule has 0 radical (unpaired) electrons. The van der Waals surface area contributed by atoms with Gasteiger partial charge in [0.25, 0.3) is 5.91 Å². The smallest absolute Gasteiger partial charge is 0.295 e. The summed E-state index contributed by atoms with van der Waals surface area (Å²) in [5, 5.41) is 12.8. The maximum atomic E-state index is 12.8. The topological polar surface area (TPSA) is 52.2 Å². The molecular weight excluding hydrogens is 300 g/mol. The van der Waals surface area contributed by atoms with Crippen molar-refractivity contribution in [2.24, 2.45) is 0 Å². The second-order valence-electron chi connectivity index (χ2n) is 6.54. The molecule has 1 atom stereocenters. The van der Waals surface area contributed by atoms with Crippen LogP contribution in [-0.4, -0.2) is 30.1 Å². The van der Waals surface area contributed by atoms with Crippen LogP contribution < -0.4 is 10.5 Å². The van der Waals surface area contributed by atoms with E-state index in [1.807, 2.05) is 60.7 Å². The molecule has 1 aliphatic heterocycles. The van der Waals surface area contributed by atoms with E-state index < -0.39 is 6.10 Å². The van der Waals surface area contributed by atoms with Crippen LogP contribution in [0.15, 0.2) is 60.7 Å². The third-order valence-electron chi connectivity index (χ3n) is 4.73. The summed E-state index contributed by atoms with van der Waals surface area (Å²) < 4.78 is 0.386. The molecule has 4 nitrogen and oxygen atoms in total. The Bertz CT molecular complexity index is 652. The second-order valence-corrected chi connectivity index (χ2v) is 6.54. The first kappa shape index (κ1) is 16.7. The van der Waals surface area contributed by atoms with E-state index in [9.17, 15) is 9.90 Å². The lowest BCUT2D eigenvalue weighted by Gasteiger charge is -2.44. The van der Waals surface area contributed by atoms with Gasteiger partial charge in [-0.15, -0.1) is 0 Å². The number of benzene rings is 2. The Balaban J connectivity index is 1.76. The summed E-state index contributed by atoms with van der Waals surface area (Å²) >= 11 is 0. The van der Waals surface area contributed by atoms with Crippen molar-refractivity contribution in [1.82, 2.24) is 5.43 Å². The molecule has 1 saturated heterocycles. The third kappa shape index (κ3) is 4.02. The number of nitrogens with one attached hydrogen (secondary N) is 1. The third-order valence-corrected chi connectivity index (χ3v) is 4.73. The molecule has 4 heteroatoms. The van der Waals surface area contributed by atoms with Gasteiger partial charge in [-0.3, -0.25) is 4.79 Å². The molecule has 126 valence electrons. The van der Waals surface area contributed by atoms with E-state index in [0.717, 1.165) is 37.9 Å². The molecule has 1 fully saturated rings. The Morgan fingerprint density at radius 2 is 1.54 bits per heavy atom. The number of amides is 1. The Morgan fingerprint density at radius 3 is 2.17 bits per heavy atom. The first-order valence-electron chi connectivity index (χ1n) is 8.63. The number of rotatable bonds is 5. The van der Waals surface area contributed by atoms with Crippen molar-refractivity contribution in [1.29, 1.82) is 0 Å². The first-order valence-corrected chi connectivity index (χ1v) is 8.63. The minimum Gasteiger partial charge on any atom is -0.844 e. The predicted molar refractivity (Wildman–Crippen MR) is 91.8 cm³/mol. The largest absolute Gasteiger partial charge is 0.844 e. The van der Waals surface area contributed by atoms with Crippen molar-refractivity contribution >= 4 is 5.91 Å². The van der Waals surface area contributed by atoms with Crippen molar-refractivity contribution < 1.29 is 14.5 Å². The first-order chi connectivity index (χ1) is 11.7. The van der Waals surface area contributed by atoms with Crippen LogP contribution in [0.4, 0.5) is 0 Å². The molecule has 0 spiro atoms. The molecule has 0 aliphatic carbocycles. The fourth-order valence-electron chi connectivity index (χ4n) is 3.42. The monoisotopic (exact) mass is 324 g/mol. The number of quaternary nitrogens is 1. The standard InChI is InChI=1S/C20H24N2O2/c23-19(17-10-4-1-5-11-17)16-22(14-8-3-9-15-22)21-20(24)18-12-6-2-7-13-18/h1-2,4-7,10-13,19H,3,8-9,14-16H2,(H,21,24). The zero-order chi connectivity index (χ0) is 16.8. The normalized spacial score (nSPS) is 17.9. The minimum absolute atomic E-state index is 0.0993. The van der Waals surface area contributed by atoms with Gasteiger partial charge in [0, 0.05) is 5.56 Å². The molecule has 2 aromatic rings. The van der Waals surface area contributed by atoms with E-state index in [2.05, 4.69) is 5.43 Å². The molecule has 24 heavy (non-hydrogen) atoms. The summed E-state index contributed by atoms with van der Waals surface area (Å²) in [4.78, 5) is 12.6. The molecule has 0 bridgehead atoms. The van der Waals surface area contributed by atoms with Gasteiger partial charge in [0.05, 0.1) is 6.54 Å². The van der Waals surface area contributed by atoms with Gasteiger partial charge in [-0.25, -0.2) is 4.59 Å². The van der Waals surface area contributed by atoms with Crippen molar-refractivity contribution in [2.75, 3.05) is 19.6 Å². The van der Waals surface area contributed by atoms with E-state index >= 15 is 0 Å². The summed E-state index contributed by atoms with van der Waals surface area (Å²) in [5.74, 6) is -0.0993. The zero-order valence-electron chi connectivity index (χ0n) is 13.9. The van der Waals surface area contributed by atoms with Crippen molar-refractivity contribution in [2.45, 2.75) is 25.4 Å². The van der Waals surface area contributed by atoms with Gasteiger partial charge < -0.3 is 5.11 Å². The Labute approximate surface area is 143 Å². The quantitative estimate of drug-likeness (QED) is 0.859. The second kappa shape index (κ2) is 7.60. The van der Waals surface area contributed by atoms with E-state index in [0.29, 0.717) is 16.7 Å². The number of carbonyl (C=O) groups is 1. The molecule has 0 aromatic heterocycles. The lowest BCUT2D eigenvalue weighted by molar-refractivity contribution is -0.972. The van der Waals surface area contributed by atoms with Crippen molar-refractivity contribution in [3.8, 4) is 0 Å². The van der Waals surface area contributed by atoms with Crippen LogP contribution in [0, 0.1) is 0 Å². The molecule has 1 amide bonds. The molecular formula is C20H24N2O2. The van der Waals surface area contributed by atoms with Crippen LogP contribution in [0.2, 0.25) is 0 Å². The predicted octanol–water partition coefficient (Wildman–Crippen LogP) is 2.43. The van der Waals surface area contributed by atoms with Gasteiger partial charge in [-0.1, -0.05) is 54.1 Å². The maximum absolute atomic E-state index is 12.8. The molecule has 2 aromatic carbocycles. The van der Waals surface area contributed by atoms with Crippen molar-refractivity contribution in [3.05, 3.63) is 71.8 Å². The number of likely N-dealkylation sites (tertiary alicyclic amines) is 1. The van der Waals surface area contributed by atoms with Crippen LogP contribution in [0.25, 0.3) is 0 Å². The summed E-state index contributed by atoms with van der Waals surface area (Å²) in [7, 11) is 0. The average molecular weight is 324 g/mol. The SMILES string of the molecule is O=C(N[N+]1(CC([O-])c2ccccc2)CCCCC1)c1ccccc1. The summed E-state index contributed by atoms with van der Waals surface area (Å²) in [6, 6.07) is 18.7. The summed E-state index contributed by atoms with van der Waals surface area (Å²) in [6.45, 7) is 2.04. The van der Waals surface area contributed by atoms with E-state index in [4.69, 9.17) is 0 Å². The Morgan fingerprint density at radius 1 is 0.958 bits per heavy atom. The van der Waals surface area contributed by atoms with Gasteiger partial charge in [0.2, 0.25) is 0 Å². The van der Waals surface area contributed by atoms with Gasteiger partial charge >= 0.3 is 0 Å². The summed E-state index contributed by atoms with van der Waals surface area (Å²) in [5.41, 5.74) is 4.58. The van der Waals surface area contributed by atoms with Crippen LogP contribution in [0.1, 0.15) is 41.3 Å². The van der Waals surface area contributed by atoms with Gasteiger partial charge in [-0.05, 0) is 37.5 Å². The lowest BCUT2D eigenvalue weighted by Crippen LogP contribution is -2.64. The van der Waals surface area contributed by atoms with Gasteiger partial charge in [0.1, 0.15) is 13.1 Å².